The average Bonchev–Trinajstić information content (AvgIpc) is 2.53. The van der Waals surface area contributed by atoms with Crippen LogP contribution in [0, 0.1) is 22.7 Å². The number of halogens is 2. The van der Waals surface area contributed by atoms with Crippen LogP contribution in [-0.4, -0.2) is 17.1 Å². The lowest BCUT2D eigenvalue weighted by Gasteiger charge is -2.49. The molecule has 134 valence electrons. The molecule has 0 radical (unpaired) electrons. The second kappa shape index (κ2) is 7.27. The Morgan fingerprint density at radius 2 is 2.08 bits per heavy atom. The molecule has 0 saturated heterocycles. The number of allylic oxidation sites excluding steroid dienone is 2. The highest BCUT2D eigenvalue weighted by Crippen LogP contribution is 2.53. The Bertz CT molecular complexity index is 767. The molecule has 0 aromatic heterocycles. The van der Waals surface area contributed by atoms with Crippen LogP contribution in [-0.2, 0) is 4.79 Å². The summed E-state index contributed by atoms with van der Waals surface area (Å²) in [5.41, 5.74) is 0.544. The molecule has 3 atom stereocenters. The Morgan fingerprint density at radius 3 is 2.52 bits per heavy atom. The minimum atomic E-state index is -1.18. The Hall–Kier alpha value is -1.70. The van der Waals surface area contributed by atoms with E-state index in [1.807, 2.05) is 27.7 Å². The maximum Gasteiger partial charge on any atom is 0.312 e. The van der Waals surface area contributed by atoms with Crippen LogP contribution >= 0.6 is 23.2 Å². The van der Waals surface area contributed by atoms with Crippen LogP contribution in [0.2, 0.25) is 10.0 Å². The second-order valence-electron chi connectivity index (χ2n) is 6.81. The average molecular weight is 381 g/mol. The van der Waals surface area contributed by atoms with Crippen molar-refractivity contribution < 1.29 is 9.90 Å². The summed E-state index contributed by atoms with van der Waals surface area (Å²) in [5, 5.41) is 24.1. The Balaban J connectivity index is 2.86. The van der Waals surface area contributed by atoms with Gasteiger partial charge in [0.1, 0.15) is 0 Å². The van der Waals surface area contributed by atoms with Crippen LogP contribution in [0.1, 0.15) is 45.6 Å². The van der Waals surface area contributed by atoms with E-state index in [-0.39, 0.29) is 12.0 Å². The molecule has 25 heavy (non-hydrogen) atoms. The molecule has 6 heteroatoms. The summed E-state index contributed by atoms with van der Waals surface area (Å²) in [5.74, 6) is -1.52. The molecule has 1 heterocycles. The first-order chi connectivity index (χ1) is 11.7. The van der Waals surface area contributed by atoms with Gasteiger partial charge in [0.15, 0.2) is 0 Å². The molecule has 0 spiro atoms. The van der Waals surface area contributed by atoms with Crippen molar-refractivity contribution in [1.82, 2.24) is 5.32 Å². The monoisotopic (exact) mass is 380 g/mol. The Morgan fingerprint density at radius 1 is 1.44 bits per heavy atom. The van der Waals surface area contributed by atoms with E-state index in [0.717, 1.165) is 0 Å². The van der Waals surface area contributed by atoms with E-state index in [4.69, 9.17) is 23.2 Å². The Kier molecular flexibility index (Phi) is 5.71. The smallest absolute Gasteiger partial charge is 0.312 e. The van der Waals surface area contributed by atoms with Gasteiger partial charge < -0.3 is 10.4 Å². The Labute approximate surface area is 158 Å². The lowest BCUT2D eigenvalue weighted by atomic mass is 9.58. The molecule has 2 N–H and O–H groups in total. The van der Waals surface area contributed by atoms with E-state index in [1.54, 1.807) is 18.2 Å². The number of carbonyl (C=O) groups is 1. The van der Waals surface area contributed by atoms with Crippen molar-refractivity contribution in [3.8, 4) is 6.07 Å². The van der Waals surface area contributed by atoms with E-state index in [1.165, 1.54) is 0 Å². The SMILES string of the molecule is CCC1(C(=O)O)C(c2ccc(Cl)cc2Cl)C(C#N)=C(C)NC1C(C)C. The van der Waals surface area contributed by atoms with Gasteiger partial charge in [-0.05, 0) is 37.0 Å². The highest BCUT2D eigenvalue weighted by molar-refractivity contribution is 6.35. The third-order valence-corrected chi connectivity index (χ3v) is 5.74. The minimum Gasteiger partial charge on any atom is -0.481 e. The van der Waals surface area contributed by atoms with Gasteiger partial charge in [0.2, 0.25) is 0 Å². The molecule has 1 aromatic rings. The number of nitrogens with zero attached hydrogens (tertiary/aromatic N) is 1. The first kappa shape index (κ1) is 19.6. The summed E-state index contributed by atoms with van der Waals surface area (Å²) in [7, 11) is 0. The van der Waals surface area contributed by atoms with E-state index < -0.39 is 17.3 Å². The highest BCUT2D eigenvalue weighted by atomic mass is 35.5. The normalized spacial score (nSPS) is 26.3. The molecule has 1 aliphatic heterocycles. The van der Waals surface area contributed by atoms with Crippen molar-refractivity contribution >= 4 is 29.2 Å². The van der Waals surface area contributed by atoms with Crippen LogP contribution < -0.4 is 5.32 Å². The summed E-state index contributed by atoms with van der Waals surface area (Å²) in [6, 6.07) is 6.89. The fraction of sp³-hybridized carbons (Fsp3) is 0.474. The predicted octanol–water partition coefficient (Wildman–Crippen LogP) is 4.98. The number of rotatable bonds is 4. The molecular weight excluding hydrogens is 359 g/mol. The van der Waals surface area contributed by atoms with Crippen molar-refractivity contribution in [2.24, 2.45) is 11.3 Å². The van der Waals surface area contributed by atoms with E-state index >= 15 is 0 Å². The van der Waals surface area contributed by atoms with E-state index in [2.05, 4.69) is 11.4 Å². The van der Waals surface area contributed by atoms with E-state index in [9.17, 15) is 15.2 Å². The summed E-state index contributed by atoms with van der Waals surface area (Å²) in [4.78, 5) is 12.5. The van der Waals surface area contributed by atoms with Crippen LogP contribution in [0.15, 0.2) is 29.5 Å². The summed E-state index contributed by atoms with van der Waals surface area (Å²) < 4.78 is 0. The van der Waals surface area contributed by atoms with Gasteiger partial charge in [-0.1, -0.05) is 50.0 Å². The number of nitrogens with one attached hydrogen (secondary N) is 1. The number of nitriles is 1. The fourth-order valence-corrected chi connectivity index (χ4v) is 4.52. The van der Waals surface area contributed by atoms with E-state index in [0.29, 0.717) is 33.3 Å². The molecular formula is C19H22Cl2N2O2. The highest BCUT2D eigenvalue weighted by Gasteiger charge is 2.56. The molecule has 0 fully saturated rings. The number of carboxylic acids is 1. The van der Waals surface area contributed by atoms with Crippen LogP contribution in [0.5, 0.6) is 0 Å². The van der Waals surface area contributed by atoms with Crippen LogP contribution in [0.25, 0.3) is 0 Å². The molecule has 2 rings (SSSR count). The fourth-order valence-electron chi connectivity index (χ4n) is 4.00. The zero-order valence-electron chi connectivity index (χ0n) is 14.7. The van der Waals surface area contributed by atoms with Crippen molar-refractivity contribution in [3.05, 3.63) is 45.1 Å². The molecule has 0 aliphatic carbocycles. The lowest BCUT2D eigenvalue weighted by molar-refractivity contribution is -0.154. The third-order valence-electron chi connectivity index (χ3n) is 5.18. The second-order valence-corrected chi connectivity index (χ2v) is 7.66. The van der Waals surface area contributed by atoms with Gasteiger partial charge in [0, 0.05) is 27.7 Å². The zero-order chi connectivity index (χ0) is 18.9. The van der Waals surface area contributed by atoms with Crippen LogP contribution in [0.4, 0.5) is 0 Å². The quantitative estimate of drug-likeness (QED) is 0.771. The van der Waals surface area contributed by atoms with Gasteiger partial charge in [0.05, 0.1) is 17.1 Å². The molecule has 1 aromatic carbocycles. The van der Waals surface area contributed by atoms with Crippen molar-refractivity contribution in [3.63, 3.8) is 0 Å². The molecule has 3 unspecified atom stereocenters. The number of carboxylic acid groups (broad SMARTS) is 1. The van der Waals surface area contributed by atoms with Crippen LogP contribution in [0.3, 0.4) is 0 Å². The maximum atomic E-state index is 12.5. The number of hydrogen-bond acceptors (Lipinski definition) is 3. The molecule has 0 bridgehead atoms. The van der Waals surface area contributed by atoms with Gasteiger partial charge in [-0.3, -0.25) is 4.79 Å². The van der Waals surface area contributed by atoms with Gasteiger partial charge in [-0.15, -0.1) is 0 Å². The minimum absolute atomic E-state index is 0.0554. The predicted molar refractivity (Wildman–Crippen MR) is 99.6 cm³/mol. The summed E-state index contributed by atoms with van der Waals surface area (Å²) in [6.45, 7) is 7.62. The molecule has 0 saturated carbocycles. The molecule has 4 nitrogen and oxygen atoms in total. The van der Waals surface area contributed by atoms with Gasteiger partial charge in [-0.2, -0.15) is 5.26 Å². The maximum absolute atomic E-state index is 12.5. The topological polar surface area (TPSA) is 73.1 Å². The van der Waals surface area contributed by atoms with Gasteiger partial charge in [0.25, 0.3) is 0 Å². The standard InChI is InChI=1S/C19H22Cl2N2O2/c1-5-19(18(24)25)16(13-7-6-12(20)8-15(13)21)14(9-22)11(4)23-17(19)10(2)3/h6-8,10,16-17,23H,5H2,1-4H3,(H,24,25). The van der Waals surface area contributed by atoms with Gasteiger partial charge >= 0.3 is 5.97 Å². The summed E-state index contributed by atoms with van der Waals surface area (Å²) >= 11 is 12.4. The summed E-state index contributed by atoms with van der Waals surface area (Å²) in [6.07, 6.45) is 0.361. The van der Waals surface area contributed by atoms with Crippen molar-refractivity contribution in [2.45, 2.75) is 46.1 Å². The first-order valence-electron chi connectivity index (χ1n) is 8.26. The molecule has 1 aliphatic rings. The number of benzene rings is 1. The van der Waals surface area contributed by atoms with Gasteiger partial charge in [-0.25, -0.2) is 0 Å². The first-order valence-corrected chi connectivity index (χ1v) is 9.02. The number of hydrogen-bond donors (Lipinski definition) is 2. The third kappa shape index (κ3) is 3.12. The number of aliphatic carboxylic acids is 1. The zero-order valence-corrected chi connectivity index (χ0v) is 16.2. The largest absolute Gasteiger partial charge is 0.481 e. The van der Waals surface area contributed by atoms with Crippen molar-refractivity contribution in [1.29, 1.82) is 5.26 Å². The van der Waals surface area contributed by atoms with Crippen molar-refractivity contribution in [2.75, 3.05) is 0 Å². The lowest BCUT2D eigenvalue weighted by Crippen LogP contribution is -2.58. The molecule has 0 amide bonds.